The number of furan rings is 1. The van der Waals surface area contributed by atoms with Gasteiger partial charge in [-0.3, -0.25) is 0 Å². The summed E-state index contributed by atoms with van der Waals surface area (Å²) in [6, 6.07) is 10.9. The van der Waals surface area contributed by atoms with Crippen molar-refractivity contribution in [3.8, 4) is 28.3 Å². The fraction of sp³-hybridized carbons (Fsp3) is 0.158. The maximum absolute atomic E-state index is 12.5. The van der Waals surface area contributed by atoms with E-state index in [0.29, 0.717) is 39.4 Å². The largest absolute Gasteiger partial charge is 0.573 e. The Morgan fingerprint density at radius 3 is 2.68 bits per heavy atom. The van der Waals surface area contributed by atoms with Crippen molar-refractivity contribution in [1.82, 2.24) is 10.2 Å². The third-order valence-corrected chi connectivity index (χ3v) is 3.93. The summed E-state index contributed by atoms with van der Waals surface area (Å²) in [5.41, 5.74) is 2.34. The Kier molecular flexibility index (Phi) is 4.52. The second kappa shape index (κ2) is 7.01. The number of fused-ring (bicyclic) bond motifs is 1. The van der Waals surface area contributed by atoms with Gasteiger partial charge < -0.3 is 18.3 Å². The topological polar surface area (TPSA) is 70.5 Å². The second-order valence-corrected chi connectivity index (χ2v) is 5.87. The lowest BCUT2D eigenvalue weighted by Crippen LogP contribution is -2.17. The maximum Gasteiger partial charge on any atom is 0.573 e. The fourth-order valence-electron chi connectivity index (χ4n) is 2.80. The van der Waals surface area contributed by atoms with Crippen LogP contribution in [0.25, 0.3) is 33.6 Å². The van der Waals surface area contributed by atoms with Crippen LogP contribution in [0, 0.1) is 0 Å². The van der Waals surface area contributed by atoms with Crippen LogP contribution in [0.2, 0.25) is 0 Å². The van der Waals surface area contributed by atoms with Gasteiger partial charge in [-0.25, -0.2) is 0 Å². The van der Waals surface area contributed by atoms with Gasteiger partial charge in [0, 0.05) is 23.6 Å². The van der Waals surface area contributed by atoms with Crippen molar-refractivity contribution in [3.63, 3.8) is 0 Å². The van der Waals surface area contributed by atoms with Crippen LogP contribution < -0.4 is 4.74 Å². The first kappa shape index (κ1) is 18.1. The molecule has 0 aliphatic carbocycles. The van der Waals surface area contributed by atoms with E-state index in [1.54, 1.807) is 24.3 Å². The van der Waals surface area contributed by atoms with Crippen LogP contribution in [-0.4, -0.2) is 23.7 Å². The number of hydrogen-bond donors (Lipinski definition) is 0. The average molecular weight is 390 g/mol. The Morgan fingerprint density at radius 1 is 1.04 bits per heavy atom. The van der Waals surface area contributed by atoms with Gasteiger partial charge in [-0.2, -0.15) is 0 Å². The molecular weight excluding hydrogens is 377 g/mol. The molecule has 0 bridgehead atoms. The minimum absolute atomic E-state index is 0.193. The molecule has 144 valence electrons. The van der Waals surface area contributed by atoms with E-state index < -0.39 is 6.36 Å². The molecule has 0 spiro atoms. The van der Waals surface area contributed by atoms with Gasteiger partial charge in [0.15, 0.2) is 0 Å². The molecule has 2 aromatic carbocycles. The number of methoxy groups -OCH3 is 1. The fourth-order valence-corrected chi connectivity index (χ4v) is 2.80. The highest BCUT2D eigenvalue weighted by Crippen LogP contribution is 2.35. The van der Waals surface area contributed by atoms with E-state index in [1.165, 1.54) is 31.6 Å². The molecule has 0 aliphatic heterocycles. The number of benzene rings is 2. The molecule has 9 heteroatoms. The molecule has 4 aromatic rings. The molecule has 0 amide bonds. The molecule has 0 aliphatic rings. The number of ether oxygens (including phenoxy) is 2. The third kappa shape index (κ3) is 3.70. The smallest absolute Gasteiger partial charge is 0.464 e. The predicted octanol–water partition coefficient (Wildman–Crippen LogP) is 5.19. The summed E-state index contributed by atoms with van der Waals surface area (Å²) in [7, 11) is 1.52. The lowest BCUT2D eigenvalue weighted by molar-refractivity contribution is -0.274. The van der Waals surface area contributed by atoms with Gasteiger partial charge in [0.25, 0.3) is 0 Å². The van der Waals surface area contributed by atoms with Gasteiger partial charge in [0.1, 0.15) is 17.9 Å². The van der Waals surface area contributed by atoms with Gasteiger partial charge in [-0.1, -0.05) is 12.1 Å². The first-order chi connectivity index (χ1) is 13.4. The molecule has 28 heavy (non-hydrogen) atoms. The highest BCUT2D eigenvalue weighted by molar-refractivity contribution is 5.96. The number of rotatable bonds is 5. The Morgan fingerprint density at radius 2 is 1.89 bits per heavy atom. The van der Waals surface area contributed by atoms with Gasteiger partial charge in [-0.05, 0) is 35.9 Å². The maximum atomic E-state index is 12.5. The molecule has 0 saturated carbocycles. The van der Waals surface area contributed by atoms with Gasteiger partial charge >= 0.3 is 6.36 Å². The number of halogens is 3. The van der Waals surface area contributed by atoms with Gasteiger partial charge in [-0.15, -0.1) is 23.4 Å². The molecule has 0 radical (unpaired) electrons. The van der Waals surface area contributed by atoms with E-state index in [1.807, 2.05) is 0 Å². The molecule has 0 atom stereocenters. The van der Waals surface area contributed by atoms with Crippen molar-refractivity contribution in [1.29, 1.82) is 0 Å². The molecule has 0 fully saturated rings. The molecule has 2 aromatic heterocycles. The van der Waals surface area contributed by atoms with Crippen molar-refractivity contribution >= 4 is 11.0 Å². The monoisotopic (exact) mass is 390 g/mol. The van der Waals surface area contributed by atoms with Gasteiger partial charge in [0.2, 0.25) is 11.8 Å². The molecule has 0 unspecified atom stereocenters. The minimum Gasteiger partial charge on any atom is -0.464 e. The Hall–Kier alpha value is -3.33. The van der Waals surface area contributed by atoms with Crippen LogP contribution in [-0.2, 0) is 11.3 Å². The van der Waals surface area contributed by atoms with Crippen LogP contribution in [0.15, 0.2) is 57.6 Å². The van der Waals surface area contributed by atoms with E-state index in [-0.39, 0.29) is 12.4 Å². The zero-order valence-electron chi connectivity index (χ0n) is 14.5. The summed E-state index contributed by atoms with van der Waals surface area (Å²) in [6.07, 6.45) is -3.28. The van der Waals surface area contributed by atoms with Crippen LogP contribution in [0.5, 0.6) is 5.75 Å². The van der Waals surface area contributed by atoms with E-state index in [2.05, 4.69) is 14.9 Å². The highest BCUT2D eigenvalue weighted by Gasteiger charge is 2.31. The average Bonchev–Trinajstić information content (AvgIpc) is 3.27. The first-order valence-corrected chi connectivity index (χ1v) is 8.12. The van der Waals surface area contributed by atoms with Crippen LogP contribution in [0.1, 0.15) is 5.89 Å². The van der Waals surface area contributed by atoms with Crippen molar-refractivity contribution < 1.29 is 31.5 Å². The van der Waals surface area contributed by atoms with Crippen molar-refractivity contribution in [2.24, 2.45) is 0 Å². The SMILES string of the molecule is COCc1nnc(-c2ccc3occ(-c4cccc(OC(F)(F)F)c4)c3c2)o1. The van der Waals surface area contributed by atoms with Crippen LogP contribution >= 0.6 is 0 Å². The second-order valence-electron chi connectivity index (χ2n) is 5.87. The summed E-state index contributed by atoms with van der Waals surface area (Å²) in [6.45, 7) is 0.193. The first-order valence-electron chi connectivity index (χ1n) is 8.12. The number of hydrogen-bond acceptors (Lipinski definition) is 6. The van der Waals surface area contributed by atoms with Crippen LogP contribution in [0.3, 0.4) is 0 Å². The highest BCUT2D eigenvalue weighted by atomic mass is 19.4. The summed E-state index contributed by atoms with van der Waals surface area (Å²) in [5, 5.41) is 8.56. The third-order valence-electron chi connectivity index (χ3n) is 3.93. The summed E-state index contributed by atoms with van der Waals surface area (Å²) < 4.78 is 57.5. The normalized spacial score (nSPS) is 11.9. The zero-order valence-corrected chi connectivity index (χ0v) is 14.5. The van der Waals surface area contributed by atoms with Crippen LogP contribution in [0.4, 0.5) is 13.2 Å². The quantitative estimate of drug-likeness (QED) is 0.467. The molecule has 4 rings (SSSR count). The Labute approximate surface area is 156 Å². The number of alkyl halides is 3. The summed E-state index contributed by atoms with van der Waals surface area (Å²) in [4.78, 5) is 0. The Bertz CT molecular complexity index is 1120. The van der Waals surface area contributed by atoms with E-state index in [0.717, 1.165) is 0 Å². The zero-order chi connectivity index (χ0) is 19.7. The van der Waals surface area contributed by atoms with Crippen molar-refractivity contribution in [3.05, 3.63) is 54.6 Å². The molecule has 0 N–H and O–H groups in total. The van der Waals surface area contributed by atoms with Crippen molar-refractivity contribution in [2.45, 2.75) is 13.0 Å². The van der Waals surface area contributed by atoms with Gasteiger partial charge in [0.05, 0.1) is 6.26 Å². The standard InChI is InChI=1S/C19H13F3N2O4/c1-25-10-17-23-24-18(27-17)12-5-6-16-14(8-12)15(9-26-16)11-3-2-4-13(7-11)28-19(20,21)22/h2-9H,10H2,1H3. The van der Waals surface area contributed by atoms with E-state index in [9.17, 15) is 13.2 Å². The predicted molar refractivity (Wildman–Crippen MR) is 92.3 cm³/mol. The summed E-state index contributed by atoms with van der Waals surface area (Å²) >= 11 is 0. The van der Waals surface area contributed by atoms with E-state index in [4.69, 9.17) is 13.6 Å². The lowest BCUT2D eigenvalue weighted by atomic mass is 10.0. The lowest BCUT2D eigenvalue weighted by Gasteiger charge is -2.09. The number of aromatic nitrogens is 2. The summed E-state index contributed by atoms with van der Waals surface area (Å²) in [5.74, 6) is 0.328. The molecule has 2 heterocycles. The molecular formula is C19H13F3N2O4. The molecule has 0 saturated heterocycles. The Balaban J connectivity index is 1.73. The van der Waals surface area contributed by atoms with E-state index >= 15 is 0 Å². The number of nitrogens with zero attached hydrogens (tertiary/aromatic N) is 2. The minimum atomic E-state index is -4.76. The molecule has 6 nitrogen and oxygen atoms in total. The van der Waals surface area contributed by atoms with Crippen molar-refractivity contribution in [2.75, 3.05) is 7.11 Å².